The molecular formula is C18H24N4O3S. The summed E-state index contributed by atoms with van der Waals surface area (Å²) in [6.45, 7) is 2.75. The van der Waals surface area contributed by atoms with E-state index in [1.807, 2.05) is 23.1 Å². The molecule has 2 saturated heterocycles. The zero-order valence-electron chi connectivity index (χ0n) is 14.9. The number of carbonyl (C=O) groups excluding carboxylic acids is 1. The molecule has 26 heavy (non-hydrogen) atoms. The van der Waals surface area contributed by atoms with Crippen molar-refractivity contribution in [2.75, 3.05) is 32.4 Å². The molecule has 0 aliphatic carbocycles. The Morgan fingerprint density at radius 2 is 1.88 bits per heavy atom. The summed E-state index contributed by atoms with van der Waals surface area (Å²) in [5.74, 6) is 1.04. The van der Waals surface area contributed by atoms with Crippen LogP contribution in [0.4, 0.5) is 0 Å². The second-order valence-electron chi connectivity index (χ2n) is 7.43. The molecule has 3 heterocycles. The van der Waals surface area contributed by atoms with Crippen LogP contribution in [0.2, 0.25) is 0 Å². The maximum absolute atomic E-state index is 12.8. The smallest absolute Gasteiger partial charge is 0.253 e. The highest BCUT2D eigenvalue weighted by Gasteiger charge is 2.35. The van der Waals surface area contributed by atoms with E-state index in [1.54, 1.807) is 10.6 Å². The average molecular weight is 376 g/mol. The van der Waals surface area contributed by atoms with Crippen LogP contribution in [0.15, 0.2) is 24.5 Å². The number of likely N-dealkylation sites (tertiary alicyclic amines) is 1. The highest BCUT2D eigenvalue weighted by atomic mass is 32.2. The number of hydrogen-bond acceptors (Lipinski definition) is 4. The zero-order chi connectivity index (χ0) is 18.3. The number of fused-ring (bicyclic) bond motifs is 1. The first-order chi connectivity index (χ1) is 12.4. The molecule has 1 aromatic heterocycles. The Labute approximate surface area is 153 Å². The topological polar surface area (TPSA) is 86.4 Å². The van der Waals surface area contributed by atoms with Crippen LogP contribution in [0.25, 0.3) is 11.0 Å². The second-order valence-corrected chi connectivity index (χ2v) is 9.42. The Morgan fingerprint density at radius 1 is 1.15 bits per heavy atom. The van der Waals surface area contributed by atoms with E-state index >= 15 is 0 Å². The standard InChI is InChI=1S/C18H24N4O3S/c1-26(24,25)22-8-5-13(6-9-22)15-4-7-21(11-15)18(23)14-2-3-16-17(10-14)20-12-19-16/h2-3,10,12-13,15H,4-9,11H2,1H3,(H,19,20). The average Bonchev–Trinajstić information content (AvgIpc) is 3.29. The lowest BCUT2D eigenvalue weighted by Crippen LogP contribution is -2.40. The molecule has 0 bridgehead atoms. The number of imidazole rings is 1. The van der Waals surface area contributed by atoms with Crippen molar-refractivity contribution in [3.8, 4) is 0 Å². The molecule has 0 radical (unpaired) electrons. The van der Waals surface area contributed by atoms with E-state index in [0.717, 1.165) is 43.4 Å². The van der Waals surface area contributed by atoms with Crippen molar-refractivity contribution in [2.45, 2.75) is 19.3 Å². The van der Waals surface area contributed by atoms with Crippen molar-refractivity contribution in [3.05, 3.63) is 30.1 Å². The van der Waals surface area contributed by atoms with E-state index < -0.39 is 10.0 Å². The van der Waals surface area contributed by atoms with E-state index in [9.17, 15) is 13.2 Å². The van der Waals surface area contributed by atoms with Gasteiger partial charge < -0.3 is 9.88 Å². The zero-order valence-corrected chi connectivity index (χ0v) is 15.7. The summed E-state index contributed by atoms with van der Waals surface area (Å²) in [5.41, 5.74) is 2.42. The SMILES string of the molecule is CS(=O)(=O)N1CCC(C2CCN(C(=O)c3ccc4nc[nH]c4c3)C2)CC1. The van der Waals surface area contributed by atoms with Crippen LogP contribution >= 0.6 is 0 Å². The van der Waals surface area contributed by atoms with Crippen molar-refractivity contribution in [1.82, 2.24) is 19.2 Å². The van der Waals surface area contributed by atoms with E-state index in [0.29, 0.717) is 30.5 Å². The van der Waals surface area contributed by atoms with Crippen LogP contribution in [-0.2, 0) is 10.0 Å². The molecule has 1 aromatic carbocycles. The summed E-state index contributed by atoms with van der Waals surface area (Å²) in [7, 11) is -3.09. The van der Waals surface area contributed by atoms with Crippen LogP contribution in [0, 0.1) is 11.8 Å². The molecule has 1 unspecified atom stereocenters. The summed E-state index contributed by atoms with van der Waals surface area (Å²) >= 11 is 0. The first kappa shape index (κ1) is 17.5. The number of aromatic nitrogens is 2. The Bertz CT molecular complexity index is 915. The van der Waals surface area contributed by atoms with Crippen molar-refractivity contribution in [1.29, 1.82) is 0 Å². The van der Waals surface area contributed by atoms with Gasteiger partial charge in [0.2, 0.25) is 10.0 Å². The van der Waals surface area contributed by atoms with Gasteiger partial charge in [-0.2, -0.15) is 0 Å². The van der Waals surface area contributed by atoms with E-state index in [-0.39, 0.29) is 5.91 Å². The molecule has 2 aliphatic heterocycles. The third-order valence-corrected chi connectivity index (χ3v) is 7.12. The van der Waals surface area contributed by atoms with Crippen LogP contribution in [-0.4, -0.2) is 65.9 Å². The molecule has 2 fully saturated rings. The number of sulfonamides is 1. The monoisotopic (exact) mass is 376 g/mol. The highest BCUT2D eigenvalue weighted by Crippen LogP contribution is 2.33. The number of nitrogens with one attached hydrogen (secondary N) is 1. The summed E-state index contributed by atoms with van der Waals surface area (Å²) in [5, 5.41) is 0. The van der Waals surface area contributed by atoms with Crippen LogP contribution < -0.4 is 0 Å². The Balaban J connectivity index is 1.38. The number of carbonyl (C=O) groups is 1. The number of piperidine rings is 1. The highest BCUT2D eigenvalue weighted by molar-refractivity contribution is 7.88. The maximum Gasteiger partial charge on any atom is 0.253 e. The van der Waals surface area contributed by atoms with Crippen LogP contribution in [0.1, 0.15) is 29.6 Å². The molecule has 8 heteroatoms. The van der Waals surface area contributed by atoms with Gasteiger partial charge in [-0.05, 0) is 49.3 Å². The van der Waals surface area contributed by atoms with E-state index in [4.69, 9.17) is 0 Å². The molecular weight excluding hydrogens is 352 g/mol. The maximum atomic E-state index is 12.8. The number of aromatic amines is 1. The van der Waals surface area contributed by atoms with Gasteiger partial charge in [-0.1, -0.05) is 0 Å². The molecule has 2 aliphatic rings. The molecule has 1 atom stereocenters. The minimum absolute atomic E-state index is 0.0672. The number of hydrogen-bond donors (Lipinski definition) is 1. The lowest BCUT2D eigenvalue weighted by Gasteiger charge is -2.33. The molecule has 1 N–H and O–H groups in total. The van der Waals surface area contributed by atoms with Gasteiger partial charge in [0.1, 0.15) is 0 Å². The number of H-pyrrole nitrogens is 1. The Morgan fingerprint density at radius 3 is 2.62 bits per heavy atom. The van der Waals surface area contributed by atoms with Gasteiger partial charge in [-0.25, -0.2) is 17.7 Å². The fourth-order valence-corrected chi connectivity index (χ4v) is 5.16. The normalized spacial score (nSPS) is 23.0. The third-order valence-electron chi connectivity index (χ3n) is 5.81. The van der Waals surface area contributed by atoms with Gasteiger partial charge in [-0.3, -0.25) is 4.79 Å². The van der Waals surface area contributed by atoms with Gasteiger partial charge in [-0.15, -0.1) is 0 Å². The van der Waals surface area contributed by atoms with Gasteiger partial charge >= 0.3 is 0 Å². The number of rotatable bonds is 3. The molecule has 140 valence electrons. The number of amides is 1. The Hall–Kier alpha value is -1.93. The van der Waals surface area contributed by atoms with Crippen molar-refractivity contribution < 1.29 is 13.2 Å². The van der Waals surface area contributed by atoms with Gasteiger partial charge in [0.25, 0.3) is 5.91 Å². The van der Waals surface area contributed by atoms with Crippen molar-refractivity contribution in [2.24, 2.45) is 11.8 Å². The first-order valence-corrected chi connectivity index (χ1v) is 10.9. The first-order valence-electron chi connectivity index (χ1n) is 9.09. The van der Waals surface area contributed by atoms with Crippen LogP contribution in [0.5, 0.6) is 0 Å². The molecule has 4 rings (SSSR count). The van der Waals surface area contributed by atoms with Crippen LogP contribution in [0.3, 0.4) is 0 Å². The summed E-state index contributed by atoms with van der Waals surface area (Å²) < 4.78 is 24.9. The predicted octanol–water partition coefficient (Wildman–Crippen LogP) is 1.70. The van der Waals surface area contributed by atoms with E-state index in [1.165, 1.54) is 6.26 Å². The molecule has 1 amide bonds. The summed E-state index contributed by atoms with van der Waals surface area (Å²) in [6.07, 6.45) is 5.69. The molecule has 7 nitrogen and oxygen atoms in total. The minimum Gasteiger partial charge on any atom is -0.345 e. The largest absolute Gasteiger partial charge is 0.345 e. The predicted molar refractivity (Wildman–Crippen MR) is 99.2 cm³/mol. The van der Waals surface area contributed by atoms with Gasteiger partial charge in [0.15, 0.2) is 0 Å². The minimum atomic E-state index is -3.09. The summed E-state index contributed by atoms with van der Waals surface area (Å²) in [6, 6.07) is 5.57. The third kappa shape index (κ3) is 3.35. The Kier molecular flexibility index (Phi) is 4.48. The molecule has 2 aromatic rings. The lowest BCUT2D eigenvalue weighted by atomic mass is 9.84. The van der Waals surface area contributed by atoms with Crippen molar-refractivity contribution in [3.63, 3.8) is 0 Å². The van der Waals surface area contributed by atoms with Crippen molar-refractivity contribution >= 4 is 27.0 Å². The second kappa shape index (κ2) is 6.66. The molecule has 0 spiro atoms. The lowest BCUT2D eigenvalue weighted by molar-refractivity contribution is 0.0778. The van der Waals surface area contributed by atoms with Gasteiger partial charge in [0, 0.05) is 31.7 Å². The quantitative estimate of drug-likeness (QED) is 0.883. The fraction of sp³-hybridized carbons (Fsp3) is 0.556. The summed E-state index contributed by atoms with van der Waals surface area (Å²) in [4.78, 5) is 22.0. The fourth-order valence-electron chi connectivity index (χ4n) is 4.29. The van der Waals surface area contributed by atoms with Gasteiger partial charge in [0.05, 0.1) is 23.6 Å². The van der Waals surface area contributed by atoms with E-state index in [2.05, 4.69) is 9.97 Å². The molecule has 0 saturated carbocycles. The number of benzene rings is 1. The number of nitrogens with zero attached hydrogens (tertiary/aromatic N) is 3.